The van der Waals surface area contributed by atoms with E-state index in [0.717, 1.165) is 32.6 Å². The largest absolute Gasteiger partial charge is 0.354 e. The quantitative estimate of drug-likeness (QED) is 0.788. The average Bonchev–Trinajstić information content (AvgIpc) is 2.41. The lowest BCUT2D eigenvalue weighted by Gasteiger charge is -2.38. The highest BCUT2D eigenvalue weighted by Crippen LogP contribution is 2.29. The Morgan fingerprint density at radius 2 is 2.11 bits per heavy atom. The van der Waals surface area contributed by atoms with Gasteiger partial charge in [0.2, 0.25) is 5.91 Å². The molecule has 104 valence electrons. The molecule has 0 aromatic rings. The summed E-state index contributed by atoms with van der Waals surface area (Å²) in [6.07, 6.45) is 5.73. The van der Waals surface area contributed by atoms with Gasteiger partial charge in [0.15, 0.2) is 0 Å². The molecule has 2 N–H and O–H groups in total. The van der Waals surface area contributed by atoms with Crippen LogP contribution in [0.2, 0.25) is 0 Å². The van der Waals surface area contributed by atoms with Gasteiger partial charge in [-0.25, -0.2) is 0 Å². The van der Waals surface area contributed by atoms with Crippen LogP contribution in [0.5, 0.6) is 0 Å². The van der Waals surface area contributed by atoms with Crippen molar-refractivity contribution < 1.29 is 4.79 Å². The zero-order valence-corrected chi connectivity index (χ0v) is 11.8. The SMILES string of the molecule is CN1CCC(C)(CNC(=O)C2CCCCN2)CC1. The lowest BCUT2D eigenvalue weighted by molar-refractivity contribution is -0.124. The van der Waals surface area contributed by atoms with Crippen LogP contribution in [-0.4, -0.2) is 50.1 Å². The number of carbonyl (C=O) groups excluding carboxylic acids is 1. The van der Waals surface area contributed by atoms with E-state index in [9.17, 15) is 4.79 Å². The molecule has 4 heteroatoms. The van der Waals surface area contributed by atoms with E-state index in [4.69, 9.17) is 0 Å². The van der Waals surface area contributed by atoms with Gasteiger partial charge in [0.05, 0.1) is 6.04 Å². The molecule has 0 aliphatic carbocycles. The smallest absolute Gasteiger partial charge is 0.237 e. The maximum absolute atomic E-state index is 12.1. The molecule has 18 heavy (non-hydrogen) atoms. The van der Waals surface area contributed by atoms with E-state index >= 15 is 0 Å². The number of rotatable bonds is 3. The Morgan fingerprint density at radius 1 is 1.39 bits per heavy atom. The van der Waals surface area contributed by atoms with Crippen molar-refractivity contribution in [1.82, 2.24) is 15.5 Å². The summed E-state index contributed by atoms with van der Waals surface area (Å²) >= 11 is 0. The Morgan fingerprint density at radius 3 is 2.72 bits per heavy atom. The van der Waals surface area contributed by atoms with Crippen LogP contribution in [0.25, 0.3) is 0 Å². The van der Waals surface area contributed by atoms with Crippen molar-refractivity contribution in [3.63, 3.8) is 0 Å². The molecule has 4 nitrogen and oxygen atoms in total. The molecule has 1 unspecified atom stereocenters. The average molecular weight is 253 g/mol. The fraction of sp³-hybridized carbons (Fsp3) is 0.929. The van der Waals surface area contributed by atoms with Gasteiger partial charge in [-0.1, -0.05) is 13.3 Å². The van der Waals surface area contributed by atoms with Crippen molar-refractivity contribution in [3.05, 3.63) is 0 Å². The molecule has 2 fully saturated rings. The molecule has 0 aromatic carbocycles. The van der Waals surface area contributed by atoms with Crippen molar-refractivity contribution in [2.24, 2.45) is 5.41 Å². The molecule has 0 aromatic heterocycles. The summed E-state index contributed by atoms with van der Waals surface area (Å²) in [5, 5.41) is 6.46. The number of hydrogen-bond acceptors (Lipinski definition) is 3. The van der Waals surface area contributed by atoms with Crippen LogP contribution in [0.1, 0.15) is 39.0 Å². The second-order valence-corrected chi connectivity index (χ2v) is 6.33. The van der Waals surface area contributed by atoms with E-state index in [1.807, 2.05) is 0 Å². The molecule has 1 atom stereocenters. The van der Waals surface area contributed by atoms with E-state index in [2.05, 4.69) is 29.5 Å². The number of likely N-dealkylation sites (tertiary alicyclic amines) is 1. The highest BCUT2D eigenvalue weighted by atomic mass is 16.2. The number of nitrogens with zero attached hydrogens (tertiary/aromatic N) is 1. The first-order valence-electron chi connectivity index (χ1n) is 7.29. The Hall–Kier alpha value is -0.610. The summed E-state index contributed by atoms with van der Waals surface area (Å²) < 4.78 is 0. The molecule has 2 saturated heterocycles. The maximum atomic E-state index is 12.1. The fourth-order valence-electron chi connectivity index (χ4n) is 2.83. The summed E-state index contributed by atoms with van der Waals surface area (Å²) in [6, 6.07) is 0.0496. The zero-order chi connectivity index (χ0) is 13.0. The minimum atomic E-state index is 0.0496. The molecule has 0 saturated carbocycles. The van der Waals surface area contributed by atoms with E-state index < -0.39 is 0 Å². The van der Waals surface area contributed by atoms with Crippen molar-refractivity contribution in [1.29, 1.82) is 0 Å². The summed E-state index contributed by atoms with van der Waals surface area (Å²) in [7, 11) is 2.17. The van der Waals surface area contributed by atoms with E-state index in [0.29, 0.717) is 0 Å². The normalized spacial score (nSPS) is 28.9. The van der Waals surface area contributed by atoms with Crippen LogP contribution in [0.4, 0.5) is 0 Å². The fourth-order valence-corrected chi connectivity index (χ4v) is 2.83. The standard InChI is InChI=1S/C14H27N3O/c1-14(6-9-17(2)10-7-14)11-16-13(18)12-5-3-4-8-15-12/h12,15H,3-11H2,1-2H3,(H,16,18). The van der Waals surface area contributed by atoms with Gasteiger partial charge in [-0.05, 0) is 57.8 Å². The van der Waals surface area contributed by atoms with Gasteiger partial charge in [-0.3, -0.25) is 4.79 Å². The second kappa shape index (κ2) is 6.02. The number of amides is 1. The summed E-state index contributed by atoms with van der Waals surface area (Å²) in [6.45, 7) is 6.41. The Labute approximate surface area is 110 Å². The van der Waals surface area contributed by atoms with Crippen LogP contribution in [0, 0.1) is 5.41 Å². The number of carbonyl (C=O) groups is 1. The summed E-state index contributed by atoms with van der Waals surface area (Å²) in [5.41, 5.74) is 0.289. The van der Waals surface area contributed by atoms with Crippen LogP contribution in [0.3, 0.4) is 0 Å². The third kappa shape index (κ3) is 3.69. The highest BCUT2D eigenvalue weighted by Gasteiger charge is 2.30. The Balaban J connectivity index is 1.74. The minimum Gasteiger partial charge on any atom is -0.354 e. The van der Waals surface area contributed by atoms with Gasteiger partial charge in [0, 0.05) is 6.54 Å². The van der Waals surface area contributed by atoms with Gasteiger partial charge in [-0.2, -0.15) is 0 Å². The van der Waals surface area contributed by atoms with Crippen LogP contribution in [0.15, 0.2) is 0 Å². The predicted octanol–water partition coefficient (Wildman–Crippen LogP) is 0.977. The van der Waals surface area contributed by atoms with E-state index in [1.54, 1.807) is 0 Å². The van der Waals surface area contributed by atoms with Crippen molar-refractivity contribution in [2.45, 2.75) is 45.1 Å². The van der Waals surface area contributed by atoms with Gasteiger partial charge in [0.25, 0.3) is 0 Å². The summed E-state index contributed by atoms with van der Waals surface area (Å²) in [4.78, 5) is 14.4. The highest BCUT2D eigenvalue weighted by molar-refractivity contribution is 5.81. The van der Waals surface area contributed by atoms with E-state index in [-0.39, 0.29) is 17.4 Å². The number of piperidine rings is 2. The zero-order valence-electron chi connectivity index (χ0n) is 11.8. The number of nitrogens with one attached hydrogen (secondary N) is 2. The molecular weight excluding hydrogens is 226 g/mol. The maximum Gasteiger partial charge on any atom is 0.237 e. The molecule has 2 aliphatic rings. The van der Waals surface area contributed by atoms with Crippen molar-refractivity contribution in [2.75, 3.05) is 33.2 Å². The van der Waals surface area contributed by atoms with Gasteiger partial charge < -0.3 is 15.5 Å². The molecule has 2 aliphatic heterocycles. The predicted molar refractivity (Wildman–Crippen MR) is 73.5 cm³/mol. The number of hydrogen-bond donors (Lipinski definition) is 2. The lowest BCUT2D eigenvalue weighted by Crippen LogP contribution is -2.50. The van der Waals surface area contributed by atoms with Crippen molar-refractivity contribution >= 4 is 5.91 Å². The topological polar surface area (TPSA) is 44.4 Å². The van der Waals surface area contributed by atoms with Crippen molar-refractivity contribution in [3.8, 4) is 0 Å². The first-order chi connectivity index (χ1) is 8.59. The monoisotopic (exact) mass is 253 g/mol. The van der Waals surface area contributed by atoms with Gasteiger partial charge >= 0.3 is 0 Å². The van der Waals surface area contributed by atoms with Crippen LogP contribution < -0.4 is 10.6 Å². The molecular formula is C14H27N3O. The Bertz CT molecular complexity index is 279. The molecule has 0 radical (unpaired) electrons. The van der Waals surface area contributed by atoms with E-state index in [1.165, 1.54) is 25.7 Å². The minimum absolute atomic E-state index is 0.0496. The third-order valence-electron chi connectivity index (χ3n) is 4.51. The lowest BCUT2D eigenvalue weighted by atomic mass is 9.80. The van der Waals surface area contributed by atoms with Crippen LogP contribution >= 0.6 is 0 Å². The first kappa shape index (κ1) is 13.8. The molecule has 0 spiro atoms. The molecule has 0 bridgehead atoms. The van der Waals surface area contributed by atoms with Crippen LogP contribution in [-0.2, 0) is 4.79 Å². The Kier molecular flexibility index (Phi) is 4.62. The molecule has 1 amide bonds. The second-order valence-electron chi connectivity index (χ2n) is 6.33. The summed E-state index contributed by atoms with van der Waals surface area (Å²) in [5.74, 6) is 0.204. The first-order valence-corrected chi connectivity index (χ1v) is 7.29. The van der Waals surface area contributed by atoms with Gasteiger partial charge in [-0.15, -0.1) is 0 Å². The third-order valence-corrected chi connectivity index (χ3v) is 4.51. The molecule has 2 rings (SSSR count). The molecule has 2 heterocycles. The van der Waals surface area contributed by atoms with Gasteiger partial charge in [0.1, 0.15) is 0 Å².